The molecule has 1 amide bonds. The Labute approximate surface area is 149 Å². The Balaban J connectivity index is 1.71. The van der Waals surface area contributed by atoms with Crippen LogP contribution in [0.15, 0.2) is 6.33 Å². The van der Waals surface area contributed by atoms with Crippen LogP contribution in [0.4, 0.5) is 4.79 Å². The van der Waals surface area contributed by atoms with Crippen LogP contribution in [0.25, 0.3) is 11.2 Å². The minimum absolute atomic E-state index is 0.0510. The molecule has 0 unspecified atom stereocenters. The van der Waals surface area contributed by atoms with Crippen LogP contribution in [0.2, 0.25) is 10.4 Å². The van der Waals surface area contributed by atoms with Crippen LogP contribution in [0.3, 0.4) is 0 Å². The van der Waals surface area contributed by atoms with Crippen LogP contribution in [-0.4, -0.2) is 37.3 Å². The van der Waals surface area contributed by atoms with Gasteiger partial charge in [0.1, 0.15) is 11.1 Å². The molecule has 24 heavy (non-hydrogen) atoms. The molecule has 1 aliphatic rings. The third kappa shape index (κ3) is 3.72. The Hall–Kier alpha value is -1.60. The van der Waals surface area contributed by atoms with E-state index in [0.717, 1.165) is 19.3 Å². The first-order chi connectivity index (χ1) is 11.2. The van der Waals surface area contributed by atoms with E-state index < -0.39 is 11.7 Å². The summed E-state index contributed by atoms with van der Waals surface area (Å²) in [6.07, 6.45) is 3.82. The minimum atomic E-state index is -0.507. The second-order valence-electron chi connectivity index (χ2n) is 6.92. The molecule has 0 bridgehead atoms. The van der Waals surface area contributed by atoms with Crippen molar-refractivity contribution in [3.05, 3.63) is 16.8 Å². The maximum Gasteiger partial charge on any atom is 0.407 e. The largest absolute Gasteiger partial charge is 0.444 e. The molecule has 0 radical (unpaired) electrons. The van der Waals surface area contributed by atoms with Crippen LogP contribution < -0.4 is 5.32 Å². The Morgan fingerprint density at radius 1 is 1.33 bits per heavy atom. The van der Waals surface area contributed by atoms with Gasteiger partial charge in [-0.2, -0.15) is 4.98 Å². The highest BCUT2D eigenvalue weighted by Crippen LogP contribution is 2.33. The van der Waals surface area contributed by atoms with Crippen LogP contribution in [-0.2, 0) is 4.74 Å². The summed E-state index contributed by atoms with van der Waals surface area (Å²) in [6.45, 7) is 5.53. The van der Waals surface area contributed by atoms with E-state index in [4.69, 9.17) is 27.9 Å². The summed E-state index contributed by atoms with van der Waals surface area (Å²) in [4.78, 5) is 24.3. The highest BCUT2D eigenvalue weighted by molar-refractivity contribution is 6.35. The standard InChI is InChI=1S/C15H19Cl2N5O2/c1-15(2,3)24-14(23)19-8-4-5-9(6-8)22-7-18-10-11(16)20-13(17)21-12(10)22/h7-9H,4-6H2,1-3H3,(H,19,23)/t8-,9+/m0/s1. The number of imidazole rings is 1. The maximum atomic E-state index is 11.9. The molecule has 130 valence electrons. The number of nitrogens with one attached hydrogen (secondary N) is 1. The Morgan fingerprint density at radius 2 is 2.08 bits per heavy atom. The number of alkyl carbamates (subject to hydrolysis) is 1. The lowest BCUT2D eigenvalue weighted by molar-refractivity contribution is 0.0505. The first-order valence-corrected chi connectivity index (χ1v) is 8.53. The highest BCUT2D eigenvalue weighted by Gasteiger charge is 2.30. The van der Waals surface area contributed by atoms with Crippen LogP contribution in [0, 0.1) is 0 Å². The monoisotopic (exact) mass is 371 g/mol. The van der Waals surface area contributed by atoms with Crippen LogP contribution >= 0.6 is 23.2 Å². The molecule has 7 nitrogen and oxygen atoms in total. The molecular formula is C15H19Cl2N5O2. The number of nitrogens with zero attached hydrogens (tertiary/aromatic N) is 4. The van der Waals surface area contributed by atoms with Gasteiger partial charge < -0.3 is 14.6 Å². The van der Waals surface area contributed by atoms with Crippen molar-refractivity contribution in [3.63, 3.8) is 0 Å². The van der Waals surface area contributed by atoms with Crippen molar-refractivity contribution in [2.24, 2.45) is 0 Å². The van der Waals surface area contributed by atoms with E-state index in [0.29, 0.717) is 11.2 Å². The van der Waals surface area contributed by atoms with E-state index in [2.05, 4.69) is 20.3 Å². The Bertz CT molecular complexity index is 771. The van der Waals surface area contributed by atoms with E-state index in [1.807, 2.05) is 25.3 Å². The summed E-state index contributed by atoms with van der Waals surface area (Å²) in [5, 5.41) is 3.25. The molecule has 0 spiro atoms. The number of halogens is 2. The SMILES string of the molecule is CC(C)(C)OC(=O)N[C@H]1CC[C@@H](n2cnc3c(Cl)nc(Cl)nc32)C1. The minimum Gasteiger partial charge on any atom is -0.444 e. The molecule has 1 saturated carbocycles. The van der Waals surface area contributed by atoms with E-state index >= 15 is 0 Å². The fraction of sp³-hybridized carbons (Fsp3) is 0.600. The lowest BCUT2D eigenvalue weighted by Crippen LogP contribution is -2.38. The van der Waals surface area contributed by atoms with Gasteiger partial charge in [0, 0.05) is 12.1 Å². The van der Waals surface area contributed by atoms with Gasteiger partial charge in [-0.1, -0.05) is 11.6 Å². The summed E-state index contributed by atoms with van der Waals surface area (Å²) in [7, 11) is 0. The van der Waals surface area contributed by atoms with Crippen LogP contribution in [0.5, 0.6) is 0 Å². The number of amides is 1. The van der Waals surface area contributed by atoms with E-state index in [1.165, 1.54) is 0 Å². The molecule has 1 aliphatic carbocycles. The van der Waals surface area contributed by atoms with Gasteiger partial charge in [0.15, 0.2) is 10.8 Å². The summed E-state index contributed by atoms with van der Waals surface area (Å²) in [5.41, 5.74) is 0.639. The summed E-state index contributed by atoms with van der Waals surface area (Å²) >= 11 is 12.0. The average molecular weight is 372 g/mol. The molecule has 1 fully saturated rings. The third-order valence-corrected chi connectivity index (χ3v) is 4.30. The highest BCUT2D eigenvalue weighted by atomic mass is 35.5. The van der Waals surface area contributed by atoms with Gasteiger partial charge >= 0.3 is 6.09 Å². The molecule has 2 heterocycles. The molecule has 2 aromatic heterocycles. The van der Waals surface area contributed by atoms with Gasteiger partial charge in [0.25, 0.3) is 0 Å². The quantitative estimate of drug-likeness (QED) is 0.641. The van der Waals surface area contributed by atoms with E-state index in [9.17, 15) is 4.79 Å². The predicted molar refractivity (Wildman–Crippen MR) is 91.4 cm³/mol. The second kappa shape index (κ2) is 6.37. The lowest BCUT2D eigenvalue weighted by Gasteiger charge is -2.21. The number of carbonyl (C=O) groups excluding carboxylic acids is 1. The number of carbonyl (C=O) groups is 1. The number of rotatable bonds is 2. The molecule has 3 rings (SSSR count). The molecule has 0 aliphatic heterocycles. The zero-order valence-corrected chi connectivity index (χ0v) is 15.2. The second-order valence-corrected chi connectivity index (χ2v) is 7.61. The number of fused-ring (bicyclic) bond motifs is 1. The Kier molecular flexibility index (Phi) is 4.57. The molecule has 2 aromatic rings. The zero-order chi connectivity index (χ0) is 17.5. The van der Waals surface area contributed by atoms with Crippen molar-refractivity contribution in [2.45, 2.75) is 57.7 Å². The summed E-state index contributed by atoms with van der Waals surface area (Å²) in [5.74, 6) is 0. The molecule has 0 saturated heterocycles. The van der Waals surface area contributed by atoms with E-state index in [-0.39, 0.29) is 22.5 Å². The van der Waals surface area contributed by atoms with Crippen LogP contribution in [0.1, 0.15) is 46.1 Å². The normalized spacial score (nSPS) is 21.2. The number of ether oxygens (including phenoxy) is 1. The smallest absolute Gasteiger partial charge is 0.407 e. The van der Waals surface area contributed by atoms with Gasteiger partial charge in [0.2, 0.25) is 5.28 Å². The van der Waals surface area contributed by atoms with Crippen molar-refractivity contribution < 1.29 is 9.53 Å². The molecular weight excluding hydrogens is 353 g/mol. The molecule has 1 N–H and O–H groups in total. The maximum absolute atomic E-state index is 11.9. The van der Waals surface area contributed by atoms with Gasteiger partial charge in [-0.05, 0) is 51.6 Å². The van der Waals surface area contributed by atoms with Gasteiger partial charge in [-0.15, -0.1) is 0 Å². The summed E-state index contributed by atoms with van der Waals surface area (Å²) < 4.78 is 7.25. The van der Waals surface area contributed by atoms with Crippen molar-refractivity contribution in [1.29, 1.82) is 0 Å². The number of hydrogen-bond acceptors (Lipinski definition) is 5. The zero-order valence-electron chi connectivity index (χ0n) is 13.7. The van der Waals surface area contributed by atoms with Gasteiger partial charge in [0.05, 0.1) is 6.33 Å². The van der Waals surface area contributed by atoms with Crippen molar-refractivity contribution >= 4 is 40.5 Å². The van der Waals surface area contributed by atoms with Gasteiger partial charge in [-0.25, -0.2) is 14.8 Å². The average Bonchev–Trinajstić information content (AvgIpc) is 3.02. The third-order valence-electron chi connectivity index (χ3n) is 3.87. The van der Waals surface area contributed by atoms with Crippen molar-refractivity contribution in [3.8, 4) is 0 Å². The first kappa shape index (κ1) is 17.2. The number of aromatic nitrogens is 4. The fourth-order valence-corrected chi connectivity index (χ4v) is 3.36. The lowest BCUT2D eigenvalue weighted by atomic mass is 10.2. The molecule has 0 aromatic carbocycles. The first-order valence-electron chi connectivity index (χ1n) is 7.78. The van der Waals surface area contributed by atoms with E-state index in [1.54, 1.807) is 6.33 Å². The van der Waals surface area contributed by atoms with Crippen molar-refractivity contribution in [1.82, 2.24) is 24.8 Å². The van der Waals surface area contributed by atoms with Gasteiger partial charge in [-0.3, -0.25) is 0 Å². The topological polar surface area (TPSA) is 81.9 Å². The molecule has 9 heteroatoms. The Morgan fingerprint density at radius 3 is 2.79 bits per heavy atom. The van der Waals surface area contributed by atoms with Crippen molar-refractivity contribution in [2.75, 3.05) is 0 Å². The predicted octanol–water partition coefficient (Wildman–Crippen LogP) is 3.75. The molecule has 2 atom stereocenters. The number of hydrogen-bond donors (Lipinski definition) is 1. The summed E-state index contributed by atoms with van der Waals surface area (Å²) in [6, 6.07) is 0.215. The fourth-order valence-electron chi connectivity index (χ4n) is 2.94.